The number of fused-ring (bicyclic) bond motifs is 1. The molecule has 0 saturated heterocycles. The lowest BCUT2D eigenvalue weighted by atomic mass is 9.94. The molecule has 6 nitrogen and oxygen atoms in total. The van der Waals surface area contributed by atoms with Gasteiger partial charge in [0.15, 0.2) is 5.95 Å². The molecule has 1 atom stereocenters. The number of benzene rings is 1. The SMILES string of the molecule is CNc1nc2c([nH]1)CCNC(=O)C2Cc1cc(Br)c(OC)c(Br)c1. The molecule has 0 spiro atoms. The van der Waals surface area contributed by atoms with Crippen LogP contribution in [0.4, 0.5) is 5.95 Å². The number of rotatable bonds is 4. The van der Waals surface area contributed by atoms with Crippen LogP contribution >= 0.6 is 31.9 Å². The van der Waals surface area contributed by atoms with Crippen LogP contribution in [0.25, 0.3) is 0 Å². The maximum atomic E-state index is 12.5. The molecule has 0 fully saturated rings. The van der Waals surface area contributed by atoms with E-state index in [1.54, 1.807) is 7.11 Å². The quantitative estimate of drug-likeness (QED) is 0.659. The topological polar surface area (TPSA) is 79.0 Å². The van der Waals surface area contributed by atoms with Crippen molar-refractivity contribution < 1.29 is 9.53 Å². The first-order valence-corrected chi connectivity index (χ1v) is 9.18. The van der Waals surface area contributed by atoms with Gasteiger partial charge in [0.25, 0.3) is 0 Å². The zero-order valence-electron chi connectivity index (χ0n) is 13.4. The Hall–Kier alpha value is -1.54. The number of hydrogen-bond donors (Lipinski definition) is 3. The average Bonchev–Trinajstić information content (AvgIpc) is 2.89. The summed E-state index contributed by atoms with van der Waals surface area (Å²) in [5, 5.41) is 5.98. The summed E-state index contributed by atoms with van der Waals surface area (Å²) in [5.74, 6) is 1.11. The molecular weight excluding hydrogens is 440 g/mol. The van der Waals surface area contributed by atoms with Crippen LogP contribution in [-0.4, -0.2) is 36.6 Å². The number of nitrogens with zero attached hydrogens (tertiary/aromatic N) is 1. The van der Waals surface area contributed by atoms with Gasteiger partial charge in [-0.05, 0) is 56.0 Å². The number of H-pyrrole nitrogens is 1. The van der Waals surface area contributed by atoms with Crippen LogP contribution in [0, 0.1) is 0 Å². The number of amides is 1. The summed E-state index contributed by atoms with van der Waals surface area (Å²) < 4.78 is 7.03. The van der Waals surface area contributed by atoms with E-state index in [-0.39, 0.29) is 11.8 Å². The Labute approximate surface area is 157 Å². The molecule has 128 valence electrons. The first-order valence-electron chi connectivity index (χ1n) is 7.59. The van der Waals surface area contributed by atoms with E-state index in [0.29, 0.717) is 18.9 Å². The normalized spacial score (nSPS) is 17.0. The summed E-state index contributed by atoms with van der Waals surface area (Å²) in [6.07, 6.45) is 1.32. The maximum Gasteiger partial charge on any atom is 0.229 e. The molecule has 1 amide bonds. The van der Waals surface area contributed by atoms with E-state index in [1.165, 1.54) is 0 Å². The minimum Gasteiger partial charge on any atom is -0.494 e. The molecule has 3 rings (SSSR count). The van der Waals surface area contributed by atoms with Crippen LogP contribution in [-0.2, 0) is 17.6 Å². The van der Waals surface area contributed by atoms with Gasteiger partial charge in [0.1, 0.15) is 5.75 Å². The molecule has 0 radical (unpaired) electrons. The summed E-state index contributed by atoms with van der Waals surface area (Å²) in [7, 11) is 3.43. The number of hydrogen-bond acceptors (Lipinski definition) is 4. The Bertz CT molecular complexity index is 752. The molecule has 8 heteroatoms. The van der Waals surface area contributed by atoms with Gasteiger partial charge in [0.2, 0.25) is 5.91 Å². The molecule has 2 heterocycles. The fourth-order valence-corrected chi connectivity index (χ4v) is 4.53. The first-order chi connectivity index (χ1) is 11.5. The van der Waals surface area contributed by atoms with Crippen LogP contribution in [0.5, 0.6) is 5.75 Å². The van der Waals surface area contributed by atoms with Crippen molar-refractivity contribution >= 4 is 43.7 Å². The van der Waals surface area contributed by atoms with Crippen LogP contribution in [0.3, 0.4) is 0 Å². The Morgan fingerprint density at radius 2 is 2.08 bits per heavy atom. The van der Waals surface area contributed by atoms with Gasteiger partial charge in [-0.15, -0.1) is 0 Å². The fraction of sp³-hybridized carbons (Fsp3) is 0.375. The number of aromatic nitrogens is 2. The standard InChI is InChI=1S/C16H18Br2N4O2/c1-19-16-21-12-3-4-20-15(23)9(13(12)22-16)5-8-6-10(17)14(24-2)11(18)7-8/h6-7,9H,3-5H2,1-2H3,(H,20,23)(H2,19,21,22). The molecule has 1 aliphatic heterocycles. The fourth-order valence-electron chi connectivity index (χ4n) is 2.93. The van der Waals surface area contributed by atoms with Crippen molar-refractivity contribution in [2.45, 2.75) is 18.8 Å². The molecule has 1 aromatic carbocycles. The lowest BCUT2D eigenvalue weighted by Gasteiger charge is -2.15. The number of anilines is 1. The van der Waals surface area contributed by atoms with Crippen molar-refractivity contribution in [2.75, 3.05) is 26.0 Å². The molecule has 0 saturated carbocycles. The number of methoxy groups -OCH3 is 1. The third-order valence-corrected chi connectivity index (χ3v) is 5.25. The third kappa shape index (κ3) is 3.30. The monoisotopic (exact) mass is 456 g/mol. The Balaban J connectivity index is 1.96. The highest BCUT2D eigenvalue weighted by Gasteiger charge is 2.29. The largest absolute Gasteiger partial charge is 0.494 e. The molecule has 3 N–H and O–H groups in total. The van der Waals surface area contributed by atoms with Gasteiger partial charge in [0, 0.05) is 25.7 Å². The Morgan fingerprint density at radius 1 is 1.38 bits per heavy atom. The number of halogens is 2. The van der Waals surface area contributed by atoms with Crippen molar-refractivity contribution in [3.63, 3.8) is 0 Å². The molecule has 0 aliphatic carbocycles. The number of aromatic amines is 1. The van der Waals surface area contributed by atoms with E-state index >= 15 is 0 Å². The zero-order valence-corrected chi connectivity index (χ0v) is 16.5. The summed E-state index contributed by atoms with van der Waals surface area (Å²) in [6, 6.07) is 3.96. The highest BCUT2D eigenvalue weighted by atomic mass is 79.9. The van der Waals surface area contributed by atoms with Crippen molar-refractivity contribution in [1.29, 1.82) is 0 Å². The van der Waals surface area contributed by atoms with Crippen LogP contribution < -0.4 is 15.4 Å². The van der Waals surface area contributed by atoms with E-state index in [9.17, 15) is 4.79 Å². The second-order valence-corrected chi connectivity index (χ2v) is 7.30. The average molecular weight is 458 g/mol. The van der Waals surface area contributed by atoms with Gasteiger partial charge in [-0.3, -0.25) is 4.79 Å². The Kier molecular flexibility index (Phi) is 5.15. The predicted octanol–water partition coefficient (Wildman–Crippen LogP) is 2.98. The smallest absolute Gasteiger partial charge is 0.229 e. The van der Waals surface area contributed by atoms with Crippen LogP contribution in [0.1, 0.15) is 22.9 Å². The van der Waals surface area contributed by atoms with Crippen molar-refractivity contribution in [2.24, 2.45) is 0 Å². The molecule has 24 heavy (non-hydrogen) atoms. The number of nitrogens with one attached hydrogen (secondary N) is 3. The summed E-state index contributed by atoms with van der Waals surface area (Å²) in [5.41, 5.74) is 2.85. The number of carbonyl (C=O) groups is 1. The molecule has 1 aromatic heterocycles. The molecular formula is C16H18Br2N4O2. The van der Waals surface area contributed by atoms with Crippen molar-refractivity contribution in [3.05, 3.63) is 38.0 Å². The van der Waals surface area contributed by atoms with E-state index in [4.69, 9.17) is 4.74 Å². The Morgan fingerprint density at radius 3 is 2.71 bits per heavy atom. The minimum atomic E-state index is -0.326. The van der Waals surface area contributed by atoms with Gasteiger partial charge in [-0.1, -0.05) is 0 Å². The molecule has 1 unspecified atom stereocenters. The van der Waals surface area contributed by atoms with Crippen LogP contribution in [0.2, 0.25) is 0 Å². The maximum absolute atomic E-state index is 12.5. The van der Waals surface area contributed by atoms with Gasteiger partial charge >= 0.3 is 0 Å². The van der Waals surface area contributed by atoms with Gasteiger partial charge in [-0.2, -0.15) is 0 Å². The number of ether oxygens (including phenoxy) is 1. The summed E-state index contributed by atoms with van der Waals surface area (Å²) >= 11 is 7.03. The zero-order chi connectivity index (χ0) is 17.3. The van der Waals surface area contributed by atoms with E-state index in [2.05, 4.69) is 52.5 Å². The van der Waals surface area contributed by atoms with Gasteiger partial charge in [-0.25, -0.2) is 4.98 Å². The number of carbonyl (C=O) groups excluding carboxylic acids is 1. The minimum absolute atomic E-state index is 0.00552. The van der Waals surface area contributed by atoms with E-state index < -0.39 is 0 Å². The first kappa shape index (κ1) is 17.3. The van der Waals surface area contributed by atoms with E-state index in [1.807, 2.05) is 19.2 Å². The molecule has 2 aromatic rings. The summed E-state index contributed by atoms with van der Waals surface area (Å²) in [6.45, 7) is 0.615. The molecule has 1 aliphatic rings. The van der Waals surface area contributed by atoms with Crippen LogP contribution in [0.15, 0.2) is 21.1 Å². The highest BCUT2D eigenvalue weighted by molar-refractivity contribution is 9.11. The van der Waals surface area contributed by atoms with Gasteiger partial charge in [0.05, 0.1) is 27.7 Å². The second-order valence-electron chi connectivity index (χ2n) is 5.59. The van der Waals surface area contributed by atoms with Gasteiger partial charge < -0.3 is 20.4 Å². The molecule has 0 bridgehead atoms. The van der Waals surface area contributed by atoms with Crippen molar-refractivity contribution in [3.8, 4) is 5.75 Å². The number of imidazole rings is 1. The third-order valence-electron chi connectivity index (χ3n) is 4.07. The lowest BCUT2D eigenvalue weighted by Crippen LogP contribution is -2.29. The predicted molar refractivity (Wildman–Crippen MR) is 99.7 cm³/mol. The highest BCUT2D eigenvalue weighted by Crippen LogP contribution is 2.36. The lowest BCUT2D eigenvalue weighted by molar-refractivity contribution is -0.122. The van der Waals surface area contributed by atoms with Crippen molar-refractivity contribution in [1.82, 2.24) is 15.3 Å². The summed E-state index contributed by atoms with van der Waals surface area (Å²) in [4.78, 5) is 20.3. The second kappa shape index (κ2) is 7.14. The van der Waals surface area contributed by atoms with E-state index in [0.717, 1.165) is 38.1 Å².